The van der Waals surface area contributed by atoms with Crippen molar-refractivity contribution in [2.75, 3.05) is 17.2 Å². The van der Waals surface area contributed by atoms with E-state index in [1.54, 1.807) is 0 Å². The molecule has 1 fully saturated rings. The number of nitrogens with zero attached hydrogens (tertiary/aromatic N) is 3. The molecule has 2 N–H and O–H groups in total. The summed E-state index contributed by atoms with van der Waals surface area (Å²) in [6.45, 7) is 4.77. The van der Waals surface area contributed by atoms with Gasteiger partial charge in [-0.1, -0.05) is 17.4 Å². The van der Waals surface area contributed by atoms with Gasteiger partial charge < -0.3 is 10.6 Å². The van der Waals surface area contributed by atoms with Gasteiger partial charge in [0.25, 0.3) is 0 Å². The lowest BCUT2D eigenvalue weighted by Crippen LogP contribution is -2.24. The second kappa shape index (κ2) is 4.86. The summed E-state index contributed by atoms with van der Waals surface area (Å²) in [5.74, 6) is 0.228. The van der Waals surface area contributed by atoms with Gasteiger partial charge in [0.05, 0.1) is 0 Å². The lowest BCUT2D eigenvalue weighted by Gasteiger charge is -2.17. The van der Waals surface area contributed by atoms with Gasteiger partial charge in [-0.25, -0.2) is 0 Å². The molecule has 0 bridgehead atoms. The molecule has 0 unspecified atom stereocenters. The van der Waals surface area contributed by atoms with E-state index in [0.29, 0.717) is 18.1 Å². The van der Waals surface area contributed by atoms with Crippen LogP contribution in [0.4, 0.5) is 10.8 Å². The van der Waals surface area contributed by atoms with Crippen molar-refractivity contribution in [1.29, 1.82) is 0 Å². The Morgan fingerprint density at radius 2 is 2.10 bits per heavy atom. The lowest BCUT2D eigenvalue weighted by atomic mass is 10.1. The van der Waals surface area contributed by atoms with Gasteiger partial charge in [0.2, 0.25) is 11.0 Å². The number of amides is 1. The predicted molar refractivity (Wildman–Crippen MR) is 79.9 cm³/mol. The number of rotatable bonds is 2. The van der Waals surface area contributed by atoms with Crippen LogP contribution in [0.2, 0.25) is 0 Å². The first kappa shape index (κ1) is 13.1. The van der Waals surface area contributed by atoms with Crippen molar-refractivity contribution in [3.05, 3.63) is 34.3 Å². The molecule has 2 aromatic rings. The van der Waals surface area contributed by atoms with Crippen molar-refractivity contribution < 1.29 is 4.79 Å². The zero-order valence-electron chi connectivity index (χ0n) is 11.5. The minimum atomic E-state index is 0.0962. The highest BCUT2D eigenvalue weighted by atomic mass is 32.1. The number of nitrogens with two attached hydrogens (primary N) is 1. The molecular weight excluding hydrogens is 272 g/mol. The molecule has 0 saturated carbocycles. The molecule has 104 valence electrons. The summed E-state index contributed by atoms with van der Waals surface area (Å²) in [5.41, 5.74) is 8.99. The minimum absolute atomic E-state index is 0.0962. The summed E-state index contributed by atoms with van der Waals surface area (Å²) in [6, 6.07) is 6.11. The average Bonchev–Trinajstić information content (AvgIpc) is 2.99. The number of carbonyl (C=O) groups is 1. The summed E-state index contributed by atoms with van der Waals surface area (Å²) >= 11 is 1.37. The Bertz CT molecular complexity index is 667. The van der Waals surface area contributed by atoms with Crippen molar-refractivity contribution in [2.24, 2.45) is 0 Å². The largest absolute Gasteiger partial charge is 0.374 e. The SMILES string of the molecule is Cc1ccc(N2C[C@@H](c3nnc(N)s3)CC2=O)cc1C. The molecule has 1 aromatic carbocycles. The summed E-state index contributed by atoms with van der Waals surface area (Å²) in [7, 11) is 0. The van der Waals surface area contributed by atoms with E-state index in [0.717, 1.165) is 10.7 Å². The maximum absolute atomic E-state index is 12.2. The Hall–Kier alpha value is -1.95. The van der Waals surface area contributed by atoms with E-state index in [4.69, 9.17) is 5.73 Å². The number of hydrogen-bond acceptors (Lipinski definition) is 5. The van der Waals surface area contributed by atoms with Gasteiger partial charge in [0, 0.05) is 24.6 Å². The second-order valence-corrected chi connectivity index (χ2v) is 6.19. The Labute approximate surface area is 121 Å². The fourth-order valence-corrected chi connectivity index (χ4v) is 3.13. The van der Waals surface area contributed by atoms with Gasteiger partial charge in [0.1, 0.15) is 5.01 Å². The van der Waals surface area contributed by atoms with Crippen molar-refractivity contribution >= 4 is 28.1 Å². The Balaban J connectivity index is 1.85. The minimum Gasteiger partial charge on any atom is -0.374 e. The molecule has 2 heterocycles. The van der Waals surface area contributed by atoms with Crippen molar-refractivity contribution in [3.8, 4) is 0 Å². The maximum Gasteiger partial charge on any atom is 0.227 e. The number of aryl methyl sites for hydroxylation is 2. The Morgan fingerprint density at radius 1 is 1.30 bits per heavy atom. The van der Waals surface area contributed by atoms with E-state index in [2.05, 4.69) is 30.1 Å². The van der Waals surface area contributed by atoms with Gasteiger partial charge in [-0.3, -0.25) is 4.79 Å². The van der Waals surface area contributed by atoms with Crippen LogP contribution in [0, 0.1) is 13.8 Å². The molecule has 0 radical (unpaired) electrons. The molecule has 5 nitrogen and oxygen atoms in total. The lowest BCUT2D eigenvalue weighted by molar-refractivity contribution is -0.117. The van der Waals surface area contributed by atoms with Crippen LogP contribution in [0.25, 0.3) is 0 Å². The predicted octanol–water partition coefficient (Wildman–Crippen LogP) is 2.26. The van der Waals surface area contributed by atoms with Crippen LogP contribution in [0.3, 0.4) is 0 Å². The second-order valence-electron chi connectivity index (χ2n) is 5.15. The zero-order valence-corrected chi connectivity index (χ0v) is 12.3. The van der Waals surface area contributed by atoms with Crippen LogP contribution in [-0.4, -0.2) is 22.6 Å². The average molecular weight is 288 g/mol. The first-order chi connectivity index (χ1) is 9.54. The van der Waals surface area contributed by atoms with E-state index in [1.165, 1.54) is 22.5 Å². The Kier molecular flexibility index (Phi) is 3.17. The number of nitrogen functional groups attached to an aromatic ring is 1. The van der Waals surface area contributed by atoms with Gasteiger partial charge in [-0.2, -0.15) is 0 Å². The molecule has 1 atom stereocenters. The fourth-order valence-electron chi connectivity index (χ4n) is 2.43. The molecule has 0 spiro atoms. The van der Waals surface area contributed by atoms with E-state index >= 15 is 0 Å². The first-order valence-electron chi connectivity index (χ1n) is 6.51. The van der Waals surface area contributed by atoms with E-state index < -0.39 is 0 Å². The molecule has 1 amide bonds. The molecule has 3 rings (SSSR count). The van der Waals surface area contributed by atoms with Gasteiger partial charge in [-0.15, -0.1) is 10.2 Å². The Morgan fingerprint density at radius 3 is 2.75 bits per heavy atom. The molecule has 1 saturated heterocycles. The number of anilines is 2. The molecular formula is C14H16N4OS. The quantitative estimate of drug-likeness (QED) is 0.920. The third-order valence-corrected chi connectivity index (χ3v) is 4.65. The van der Waals surface area contributed by atoms with Gasteiger partial charge in [0.15, 0.2) is 0 Å². The van der Waals surface area contributed by atoms with Crippen LogP contribution in [0.1, 0.15) is 28.5 Å². The summed E-state index contributed by atoms with van der Waals surface area (Å²) in [6.07, 6.45) is 0.474. The van der Waals surface area contributed by atoms with Crippen LogP contribution in [0.15, 0.2) is 18.2 Å². The highest BCUT2D eigenvalue weighted by Gasteiger charge is 2.33. The van der Waals surface area contributed by atoms with Crippen molar-refractivity contribution in [2.45, 2.75) is 26.2 Å². The molecule has 6 heteroatoms. The van der Waals surface area contributed by atoms with Gasteiger partial charge in [-0.05, 0) is 37.1 Å². The standard InChI is InChI=1S/C14H16N4OS/c1-8-3-4-11(5-9(8)2)18-7-10(6-12(18)19)13-16-17-14(15)20-13/h3-5,10H,6-7H2,1-2H3,(H2,15,17)/t10-/m0/s1. The topological polar surface area (TPSA) is 72.1 Å². The third kappa shape index (κ3) is 2.27. The van der Waals surface area contributed by atoms with Crippen LogP contribution in [-0.2, 0) is 4.79 Å². The van der Waals surface area contributed by atoms with Crippen LogP contribution in [0.5, 0.6) is 0 Å². The maximum atomic E-state index is 12.2. The van der Waals surface area contributed by atoms with Crippen LogP contribution < -0.4 is 10.6 Å². The molecule has 1 aliphatic heterocycles. The molecule has 20 heavy (non-hydrogen) atoms. The third-order valence-electron chi connectivity index (χ3n) is 3.73. The van der Waals surface area contributed by atoms with Crippen LogP contribution >= 0.6 is 11.3 Å². The molecule has 1 aromatic heterocycles. The van der Waals surface area contributed by atoms with E-state index in [9.17, 15) is 4.79 Å². The van der Waals surface area contributed by atoms with Crippen molar-refractivity contribution in [3.63, 3.8) is 0 Å². The highest BCUT2D eigenvalue weighted by Crippen LogP contribution is 2.34. The first-order valence-corrected chi connectivity index (χ1v) is 7.32. The smallest absolute Gasteiger partial charge is 0.227 e. The van der Waals surface area contributed by atoms with Crippen molar-refractivity contribution in [1.82, 2.24) is 10.2 Å². The highest BCUT2D eigenvalue weighted by molar-refractivity contribution is 7.15. The molecule has 0 aliphatic carbocycles. The number of hydrogen-bond donors (Lipinski definition) is 1. The fraction of sp³-hybridized carbons (Fsp3) is 0.357. The van der Waals surface area contributed by atoms with E-state index in [1.807, 2.05) is 17.0 Å². The number of benzene rings is 1. The normalized spacial score (nSPS) is 18.8. The summed E-state index contributed by atoms with van der Waals surface area (Å²) in [5, 5.41) is 9.19. The molecule has 1 aliphatic rings. The summed E-state index contributed by atoms with van der Waals surface area (Å²) < 4.78 is 0. The van der Waals surface area contributed by atoms with Gasteiger partial charge >= 0.3 is 0 Å². The number of carbonyl (C=O) groups excluding carboxylic acids is 1. The number of aromatic nitrogens is 2. The summed E-state index contributed by atoms with van der Waals surface area (Å²) in [4.78, 5) is 14.0. The monoisotopic (exact) mass is 288 g/mol. The van der Waals surface area contributed by atoms with E-state index in [-0.39, 0.29) is 11.8 Å². The zero-order chi connectivity index (χ0) is 14.3.